The predicted octanol–water partition coefficient (Wildman–Crippen LogP) is 1.19. The van der Waals surface area contributed by atoms with Gasteiger partial charge in [0.2, 0.25) is 5.91 Å². The van der Waals surface area contributed by atoms with Gasteiger partial charge in [-0.3, -0.25) is 4.79 Å². The first kappa shape index (κ1) is 13.2. The number of benzene rings is 1. The van der Waals surface area contributed by atoms with Gasteiger partial charge in [-0.15, -0.1) is 0 Å². The number of nitrogens with zero attached hydrogens (tertiary/aromatic N) is 1. The molecule has 1 fully saturated rings. The van der Waals surface area contributed by atoms with Crippen LogP contribution < -0.4 is 9.47 Å². The summed E-state index contributed by atoms with van der Waals surface area (Å²) in [5.74, 6) is 1.71. The van der Waals surface area contributed by atoms with Crippen molar-refractivity contribution in [1.29, 1.82) is 0 Å². The number of rotatable bonds is 3. The van der Waals surface area contributed by atoms with Crippen LogP contribution in [0.15, 0.2) is 18.2 Å². The third-order valence-electron chi connectivity index (χ3n) is 3.74. The van der Waals surface area contributed by atoms with E-state index in [0.29, 0.717) is 32.7 Å². The molecule has 2 aliphatic heterocycles. The summed E-state index contributed by atoms with van der Waals surface area (Å²) in [7, 11) is 0. The first-order valence-corrected chi connectivity index (χ1v) is 7.03. The molecule has 1 atom stereocenters. The Bertz CT molecular complexity index is 503. The Kier molecular flexibility index (Phi) is 3.78. The van der Waals surface area contributed by atoms with Crippen LogP contribution in [0.3, 0.4) is 0 Å². The zero-order valence-electron chi connectivity index (χ0n) is 11.4. The maximum atomic E-state index is 11.9. The Morgan fingerprint density at radius 2 is 2.05 bits per heavy atom. The molecule has 0 bridgehead atoms. The van der Waals surface area contributed by atoms with Gasteiger partial charge in [0.1, 0.15) is 0 Å². The number of aliphatic hydroxyl groups excluding tert-OH is 1. The highest BCUT2D eigenvalue weighted by Crippen LogP contribution is 2.31. The largest absolute Gasteiger partial charge is 0.490 e. The molecule has 0 radical (unpaired) electrons. The monoisotopic (exact) mass is 277 g/mol. The molecule has 0 aromatic heterocycles. The summed E-state index contributed by atoms with van der Waals surface area (Å²) in [6.07, 6.45) is 1.33. The van der Waals surface area contributed by atoms with Crippen molar-refractivity contribution in [2.24, 2.45) is 5.92 Å². The van der Waals surface area contributed by atoms with E-state index in [9.17, 15) is 4.79 Å². The Hall–Kier alpha value is -1.75. The van der Waals surface area contributed by atoms with E-state index in [2.05, 4.69) is 0 Å². The SMILES string of the molecule is O=C1CC(CO)CN1Cc1ccc2c(c1)OCCCO2. The maximum absolute atomic E-state index is 11.9. The van der Waals surface area contributed by atoms with E-state index in [4.69, 9.17) is 14.6 Å². The van der Waals surface area contributed by atoms with Crippen LogP contribution in [-0.2, 0) is 11.3 Å². The molecular weight excluding hydrogens is 258 g/mol. The fourth-order valence-corrected chi connectivity index (χ4v) is 2.66. The zero-order chi connectivity index (χ0) is 13.9. The normalized spacial score (nSPS) is 21.9. The molecule has 1 aromatic carbocycles. The minimum atomic E-state index is 0.0721. The van der Waals surface area contributed by atoms with Crippen molar-refractivity contribution in [3.05, 3.63) is 23.8 Å². The Labute approximate surface area is 118 Å². The number of carbonyl (C=O) groups excluding carboxylic acids is 1. The smallest absolute Gasteiger partial charge is 0.223 e. The molecule has 2 aliphatic rings. The van der Waals surface area contributed by atoms with Gasteiger partial charge in [0, 0.05) is 38.5 Å². The van der Waals surface area contributed by atoms with Crippen molar-refractivity contribution in [1.82, 2.24) is 4.90 Å². The van der Waals surface area contributed by atoms with Gasteiger partial charge >= 0.3 is 0 Å². The fraction of sp³-hybridized carbons (Fsp3) is 0.533. The minimum Gasteiger partial charge on any atom is -0.490 e. The topological polar surface area (TPSA) is 59.0 Å². The first-order valence-electron chi connectivity index (χ1n) is 7.03. The van der Waals surface area contributed by atoms with Gasteiger partial charge in [0.25, 0.3) is 0 Å². The molecule has 0 spiro atoms. The van der Waals surface area contributed by atoms with Gasteiger partial charge in [0.05, 0.1) is 13.2 Å². The summed E-state index contributed by atoms with van der Waals surface area (Å²) in [4.78, 5) is 13.6. The average Bonchev–Trinajstić information content (AvgIpc) is 2.67. The molecule has 5 nitrogen and oxygen atoms in total. The van der Waals surface area contributed by atoms with Crippen molar-refractivity contribution >= 4 is 5.91 Å². The lowest BCUT2D eigenvalue weighted by molar-refractivity contribution is -0.128. The lowest BCUT2D eigenvalue weighted by atomic mass is 10.1. The number of amides is 1. The van der Waals surface area contributed by atoms with Gasteiger partial charge in [-0.2, -0.15) is 0 Å². The summed E-state index contributed by atoms with van der Waals surface area (Å²) < 4.78 is 11.2. The Morgan fingerprint density at radius 3 is 2.80 bits per heavy atom. The minimum absolute atomic E-state index is 0.0721. The summed E-state index contributed by atoms with van der Waals surface area (Å²) in [6.45, 7) is 2.60. The standard InChI is InChI=1S/C15H19NO4/c17-10-12-7-15(18)16(9-12)8-11-2-3-13-14(6-11)20-5-1-4-19-13/h2-3,6,12,17H,1,4-5,7-10H2. The zero-order valence-corrected chi connectivity index (χ0v) is 11.4. The first-order chi connectivity index (χ1) is 9.76. The highest BCUT2D eigenvalue weighted by atomic mass is 16.5. The van der Waals surface area contributed by atoms with Gasteiger partial charge in [-0.05, 0) is 17.7 Å². The summed E-state index contributed by atoms with van der Waals surface area (Å²) in [5.41, 5.74) is 1.03. The second-order valence-corrected chi connectivity index (χ2v) is 5.36. The number of likely N-dealkylation sites (tertiary alicyclic amines) is 1. The van der Waals surface area contributed by atoms with Crippen LogP contribution in [0.5, 0.6) is 11.5 Å². The lowest BCUT2D eigenvalue weighted by Crippen LogP contribution is -2.24. The highest BCUT2D eigenvalue weighted by Gasteiger charge is 2.29. The van der Waals surface area contributed by atoms with E-state index in [1.807, 2.05) is 18.2 Å². The van der Waals surface area contributed by atoms with Crippen molar-refractivity contribution in [2.45, 2.75) is 19.4 Å². The summed E-state index contributed by atoms with van der Waals surface area (Å²) in [5, 5.41) is 9.14. The number of ether oxygens (including phenoxy) is 2. The molecule has 1 aromatic rings. The van der Waals surface area contributed by atoms with E-state index in [-0.39, 0.29) is 18.4 Å². The maximum Gasteiger partial charge on any atom is 0.223 e. The number of hydrogen-bond acceptors (Lipinski definition) is 4. The van der Waals surface area contributed by atoms with Crippen molar-refractivity contribution in [2.75, 3.05) is 26.4 Å². The molecule has 3 rings (SSSR count). The second-order valence-electron chi connectivity index (χ2n) is 5.36. The van der Waals surface area contributed by atoms with Crippen LogP contribution >= 0.6 is 0 Å². The van der Waals surface area contributed by atoms with E-state index in [1.165, 1.54) is 0 Å². The van der Waals surface area contributed by atoms with Crippen LogP contribution in [0, 0.1) is 5.92 Å². The van der Waals surface area contributed by atoms with Gasteiger partial charge in [-0.1, -0.05) is 6.07 Å². The van der Waals surface area contributed by atoms with Crippen LogP contribution in [0.1, 0.15) is 18.4 Å². The van der Waals surface area contributed by atoms with Gasteiger partial charge in [-0.25, -0.2) is 0 Å². The second kappa shape index (κ2) is 5.71. The molecular formula is C15H19NO4. The Morgan fingerprint density at radius 1 is 1.25 bits per heavy atom. The lowest BCUT2D eigenvalue weighted by Gasteiger charge is -2.17. The van der Waals surface area contributed by atoms with Crippen molar-refractivity contribution in [3.8, 4) is 11.5 Å². The van der Waals surface area contributed by atoms with Crippen molar-refractivity contribution in [3.63, 3.8) is 0 Å². The van der Waals surface area contributed by atoms with E-state index >= 15 is 0 Å². The average molecular weight is 277 g/mol. The molecule has 108 valence electrons. The molecule has 20 heavy (non-hydrogen) atoms. The van der Waals surface area contributed by atoms with E-state index in [1.54, 1.807) is 4.90 Å². The molecule has 1 unspecified atom stereocenters. The third kappa shape index (κ3) is 2.72. The molecule has 1 N–H and O–H groups in total. The molecule has 5 heteroatoms. The fourth-order valence-electron chi connectivity index (χ4n) is 2.66. The molecule has 1 amide bonds. The number of hydrogen-bond donors (Lipinski definition) is 1. The summed E-state index contributed by atoms with van der Waals surface area (Å²) in [6, 6.07) is 5.81. The van der Waals surface area contributed by atoms with Crippen molar-refractivity contribution < 1.29 is 19.4 Å². The molecule has 0 aliphatic carbocycles. The van der Waals surface area contributed by atoms with E-state index in [0.717, 1.165) is 23.5 Å². The van der Waals surface area contributed by atoms with Gasteiger partial charge < -0.3 is 19.5 Å². The van der Waals surface area contributed by atoms with Crippen LogP contribution in [0.2, 0.25) is 0 Å². The number of fused-ring (bicyclic) bond motifs is 1. The highest BCUT2D eigenvalue weighted by molar-refractivity contribution is 5.78. The van der Waals surface area contributed by atoms with E-state index < -0.39 is 0 Å². The summed E-state index contributed by atoms with van der Waals surface area (Å²) >= 11 is 0. The molecule has 2 heterocycles. The molecule has 1 saturated heterocycles. The van der Waals surface area contributed by atoms with Gasteiger partial charge in [0.15, 0.2) is 11.5 Å². The quantitative estimate of drug-likeness (QED) is 0.901. The predicted molar refractivity (Wildman–Crippen MR) is 72.7 cm³/mol. The third-order valence-corrected chi connectivity index (χ3v) is 3.74. The van der Waals surface area contributed by atoms with Crippen LogP contribution in [-0.4, -0.2) is 42.3 Å². The van der Waals surface area contributed by atoms with Crippen LogP contribution in [0.25, 0.3) is 0 Å². The van der Waals surface area contributed by atoms with Crippen LogP contribution in [0.4, 0.5) is 0 Å². The number of aliphatic hydroxyl groups is 1. The molecule has 0 saturated carbocycles. The Balaban J connectivity index is 1.72. The number of carbonyl (C=O) groups is 1.